The first-order valence-electron chi connectivity index (χ1n) is 4.40. The van der Waals surface area contributed by atoms with Crippen LogP contribution in [0.15, 0.2) is 0 Å². The van der Waals surface area contributed by atoms with E-state index >= 15 is 0 Å². The number of aromatic nitrogens is 2. The molecular formula is C10H14N4. The van der Waals surface area contributed by atoms with Crippen LogP contribution < -0.4 is 11.1 Å². The quantitative estimate of drug-likeness (QED) is 0.685. The van der Waals surface area contributed by atoms with Crippen LogP contribution in [0, 0.1) is 26.2 Å². The molecule has 0 unspecified atom stereocenters. The van der Waals surface area contributed by atoms with Crippen molar-refractivity contribution in [3.63, 3.8) is 0 Å². The van der Waals surface area contributed by atoms with Crippen molar-refractivity contribution in [2.24, 2.45) is 5.73 Å². The molecule has 0 aliphatic rings. The smallest absolute Gasteiger partial charge is 0.154 e. The molecule has 0 spiro atoms. The number of nitrogens with two attached hydrogens (primary N) is 1. The molecule has 0 aromatic carbocycles. The zero-order valence-electron chi connectivity index (χ0n) is 8.46. The van der Waals surface area contributed by atoms with Gasteiger partial charge in [-0.1, -0.05) is 5.92 Å². The lowest BCUT2D eigenvalue weighted by Crippen LogP contribution is -2.11. The Kier molecular flexibility index (Phi) is 3.43. The standard InChI is InChI=1S/C10H14N4/c1-4-5-12-10-9(6-11)7(2)8(3)13-14-10/h1H,5-6,11H2,2-3H3,(H,12,14). The van der Waals surface area contributed by atoms with Crippen LogP contribution in [0.1, 0.15) is 16.8 Å². The van der Waals surface area contributed by atoms with E-state index in [2.05, 4.69) is 21.4 Å². The Morgan fingerprint density at radius 1 is 1.43 bits per heavy atom. The third-order valence-electron chi connectivity index (χ3n) is 2.14. The van der Waals surface area contributed by atoms with Gasteiger partial charge in [-0.2, -0.15) is 5.10 Å². The SMILES string of the molecule is C#CCNc1nnc(C)c(C)c1CN. The van der Waals surface area contributed by atoms with Crippen molar-refractivity contribution in [1.29, 1.82) is 0 Å². The lowest BCUT2D eigenvalue weighted by Gasteiger charge is -2.10. The van der Waals surface area contributed by atoms with E-state index in [9.17, 15) is 0 Å². The van der Waals surface area contributed by atoms with E-state index in [1.54, 1.807) is 0 Å². The summed E-state index contributed by atoms with van der Waals surface area (Å²) in [4.78, 5) is 0. The van der Waals surface area contributed by atoms with Crippen molar-refractivity contribution in [3.8, 4) is 12.3 Å². The van der Waals surface area contributed by atoms with Gasteiger partial charge in [0.15, 0.2) is 5.82 Å². The van der Waals surface area contributed by atoms with Crippen LogP contribution in [-0.2, 0) is 6.54 Å². The van der Waals surface area contributed by atoms with Crippen molar-refractivity contribution in [2.75, 3.05) is 11.9 Å². The van der Waals surface area contributed by atoms with Crippen molar-refractivity contribution in [3.05, 3.63) is 16.8 Å². The fraction of sp³-hybridized carbons (Fsp3) is 0.400. The lowest BCUT2D eigenvalue weighted by molar-refractivity contribution is 0.909. The molecule has 4 heteroatoms. The van der Waals surface area contributed by atoms with E-state index in [0.717, 1.165) is 16.8 Å². The third-order valence-corrected chi connectivity index (χ3v) is 2.14. The van der Waals surface area contributed by atoms with Crippen LogP contribution in [0.2, 0.25) is 0 Å². The van der Waals surface area contributed by atoms with Crippen molar-refractivity contribution < 1.29 is 0 Å². The van der Waals surface area contributed by atoms with E-state index in [-0.39, 0.29) is 0 Å². The van der Waals surface area contributed by atoms with Gasteiger partial charge in [-0.05, 0) is 19.4 Å². The van der Waals surface area contributed by atoms with Gasteiger partial charge in [0, 0.05) is 12.1 Å². The number of hydrogen-bond acceptors (Lipinski definition) is 4. The molecule has 74 valence electrons. The number of rotatable bonds is 3. The van der Waals surface area contributed by atoms with E-state index in [4.69, 9.17) is 12.2 Å². The Balaban J connectivity index is 3.05. The molecular weight excluding hydrogens is 176 g/mol. The van der Waals surface area contributed by atoms with Crippen LogP contribution in [0.3, 0.4) is 0 Å². The number of aryl methyl sites for hydroxylation is 1. The molecule has 0 saturated heterocycles. The molecule has 0 aliphatic heterocycles. The van der Waals surface area contributed by atoms with Crippen molar-refractivity contribution >= 4 is 5.82 Å². The molecule has 0 bridgehead atoms. The zero-order valence-corrected chi connectivity index (χ0v) is 8.46. The van der Waals surface area contributed by atoms with Gasteiger partial charge in [0.25, 0.3) is 0 Å². The molecule has 1 aromatic heterocycles. The number of nitrogens with one attached hydrogen (secondary N) is 1. The molecule has 4 nitrogen and oxygen atoms in total. The van der Waals surface area contributed by atoms with Gasteiger partial charge in [-0.25, -0.2) is 0 Å². The molecule has 1 rings (SSSR count). The van der Waals surface area contributed by atoms with Crippen LogP contribution in [0.5, 0.6) is 0 Å². The minimum atomic E-state index is 0.435. The predicted molar refractivity (Wildman–Crippen MR) is 56.7 cm³/mol. The van der Waals surface area contributed by atoms with Gasteiger partial charge in [0.2, 0.25) is 0 Å². The minimum absolute atomic E-state index is 0.435. The zero-order chi connectivity index (χ0) is 10.6. The van der Waals surface area contributed by atoms with E-state index in [1.165, 1.54) is 0 Å². The predicted octanol–water partition coefficient (Wildman–Crippen LogP) is 0.597. The Bertz CT molecular complexity index is 365. The summed E-state index contributed by atoms with van der Waals surface area (Å²) in [5.41, 5.74) is 8.58. The summed E-state index contributed by atoms with van der Waals surface area (Å²) in [6, 6.07) is 0. The van der Waals surface area contributed by atoms with Gasteiger partial charge < -0.3 is 11.1 Å². The average Bonchev–Trinajstić information content (AvgIpc) is 2.20. The molecule has 1 heterocycles. The lowest BCUT2D eigenvalue weighted by atomic mass is 10.1. The van der Waals surface area contributed by atoms with Gasteiger partial charge in [0.1, 0.15) is 0 Å². The highest BCUT2D eigenvalue weighted by molar-refractivity contribution is 5.48. The fourth-order valence-electron chi connectivity index (χ4n) is 1.18. The maximum absolute atomic E-state index is 5.63. The second-order valence-corrected chi connectivity index (χ2v) is 3.00. The second kappa shape index (κ2) is 4.58. The molecule has 0 atom stereocenters. The van der Waals surface area contributed by atoms with Gasteiger partial charge >= 0.3 is 0 Å². The summed E-state index contributed by atoms with van der Waals surface area (Å²) >= 11 is 0. The molecule has 0 aliphatic carbocycles. The summed E-state index contributed by atoms with van der Waals surface area (Å²) in [6.45, 7) is 4.76. The summed E-state index contributed by atoms with van der Waals surface area (Å²) in [5, 5.41) is 11.0. The highest BCUT2D eigenvalue weighted by Crippen LogP contribution is 2.16. The largest absolute Gasteiger partial charge is 0.357 e. The van der Waals surface area contributed by atoms with Crippen LogP contribution >= 0.6 is 0 Å². The normalized spacial score (nSPS) is 9.57. The van der Waals surface area contributed by atoms with Gasteiger partial charge in [-0.3, -0.25) is 0 Å². The Hall–Kier alpha value is -1.60. The first-order valence-corrected chi connectivity index (χ1v) is 4.40. The summed E-state index contributed by atoms with van der Waals surface area (Å²) in [7, 11) is 0. The third kappa shape index (κ3) is 2.01. The topological polar surface area (TPSA) is 63.8 Å². The Morgan fingerprint density at radius 2 is 2.14 bits per heavy atom. The summed E-state index contributed by atoms with van der Waals surface area (Å²) < 4.78 is 0. The van der Waals surface area contributed by atoms with Crippen LogP contribution in [-0.4, -0.2) is 16.7 Å². The molecule has 0 amide bonds. The summed E-state index contributed by atoms with van der Waals surface area (Å²) in [5.74, 6) is 3.17. The molecule has 0 fully saturated rings. The van der Waals surface area contributed by atoms with Crippen LogP contribution in [0.4, 0.5) is 5.82 Å². The first-order chi connectivity index (χ1) is 6.70. The van der Waals surface area contributed by atoms with Crippen LogP contribution in [0.25, 0.3) is 0 Å². The molecule has 14 heavy (non-hydrogen) atoms. The fourth-order valence-corrected chi connectivity index (χ4v) is 1.18. The van der Waals surface area contributed by atoms with Crippen molar-refractivity contribution in [2.45, 2.75) is 20.4 Å². The van der Waals surface area contributed by atoms with Crippen molar-refractivity contribution in [1.82, 2.24) is 10.2 Å². The number of nitrogens with zero attached hydrogens (tertiary/aromatic N) is 2. The highest BCUT2D eigenvalue weighted by Gasteiger charge is 2.08. The Labute approximate surface area is 83.9 Å². The van der Waals surface area contributed by atoms with E-state index < -0.39 is 0 Å². The van der Waals surface area contributed by atoms with E-state index in [0.29, 0.717) is 18.9 Å². The maximum Gasteiger partial charge on any atom is 0.154 e. The van der Waals surface area contributed by atoms with Gasteiger partial charge in [-0.15, -0.1) is 11.5 Å². The number of terminal acetylenes is 1. The monoisotopic (exact) mass is 190 g/mol. The van der Waals surface area contributed by atoms with Gasteiger partial charge in [0.05, 0.1) is 12.2 Å². The first kappa shape index (κ1) is 10.5. The number of anilines is 1. The average molecular weight is 190 g/mol. The minimum Gasteiger partial charge on any atom is -0.357 e. The highest BCUT2D eigenvalue weighted by atomic mass is 15.2. The maximum atomic E-state index is 5.63. The summed E-state index contributed by atoms with van der Waals surface area (Å²) in [6.07, 6.45) is 5.14. The molecule has 0 saturated carbocycles. The second-order valence-electron chi connectivity index (χ2n) is 3.00. The van der Waals surface area contributed by atoms with E-state index in [1.807, 2.05) is 13.8 Å². The molecule has 0 radical (unpaired) electrons. The Morgan fingerprint density at radius 3 is 2.71 bits per heavy atom. The number of hydrogen-bond donors (Lipinski definition) is 2. The molecule has 3 N–H and O–H groups in total. The molecule has 1 aromatic rings.